The Morgan fingerprint density at radius 1 is 1.23 bits per heavy atom. The van der Waals surface area contributed by atoms with E-state index in [1.54, 1.807) is 6.20 Å². The summed E-state index contributed by atoms with van der Waals surface area (Å²) < 4.78 is 2.30. The van der Waals surface area contributed by atoms with Gasteiger partial charge in [-0.1, -0.05) is 0 Å². The van der Waals surface area contributed by atoms with Crippen molar-refractivity contribution in [1.82, 2.24) is 30.2 Å². The first-order valence-electron chi connectivity index (χ1n) is 11.4. The smallest absolute Gasteiger partial charge is 0.227 e. The number of nitrogens with one attached hydrogen (secondary N) is 3. The van der Waals surface area contributed by atoms with E-state index in [4.69, 9.17) is 10.2 Å². The first kappa shape index (κ1) is 20.0. The Bertz CT molecular complexity index is 1110. The summed E-state index contributed by atoms with van der Waals surface area (Å²) in [6.45, 7) is 1.90. The van der Waals surface area contributed by atoms with Crippen molar-refractivity contribution in [2.45, 2.75) is 63.5 Å². The molecule has 0 radical (unpaired) electrons. The van der Waals surface area contributed by atoms with Gasteiger partial charge in [0.1, 0.15) is 17.0 Å². The topological polar surface area (TPSA) is 111 Å². The summed E-state index contributed by atoms with van der Waals surface area (Å²) in [6, 6.07) is 4.90. The molecule has 4 heterocycles. The molecule has 1 amide bonds. The summed E-state index contributed by atoms with van der Waals surface area (Å²) in [7, 11) is 0. The van der Waals surface area contributed by atoms with Crippen LogP contribution in [0, 0.1) is 17.2 Å². The van der Waals surface area contributed by atoms with Gasteiger partial charge in [-0.3, -0.25) is 4.79 Å². The molecule has 0 aromatic carbocycles. The Kier molecular flexibility index (Phi) is 5.60. The van der Waals surface area contributed by atoms with Crippen LogP contribution in [0.2, 0.25) is 0 Å². The minimum absolute atomic E-state index is 0.0416. The first-order valence-corrected chi connectivity index (χ1v) is 11.4. The number of imidazole rings is 1. The van der Waals surface area contributed by atoms with Crippen molar-refractivity contribution < 1.29 is 4.79 Å². The summed E-state index contributed by atoms with van der Waals surface area (Å²) in [5.41, 5.74) is 2.76. The Morgan fingerprint density at radius 2 is 2.03 bits per heavy atom. The standard InChI is InChI=1S/C23H29N7O/c24-9-5-15-1-3-17(4-2-15)30-20(13-21(31)28-16-6-10-25-11-7-16)29-19-14-27-23-18(22(19)30)8-12-26-23/h8,12,14-17,25H,1-7,10-11,13H2,(H,26,27)(H,28,31). The molecule has 1 saturated carbocycles. The van der Waals surface area contributed by atoms with Crippen LogP contribution in [-0.2, 0) is 11.2 Å². The van der Waals surface area contributed by atoms with Crippen LogP contribution >= 0.6 is 0 Å². The fourth-order valence-electron chi connectivity index (χ4n) is 5.28. The number of amides is 1. The van der Waals surface area contributed by atoms with Gasteiger partial charge >= 0.3 is 0 Å². The molecule has 2 aliphatic rings. The quantitative estimate of drug-likeness (QED) is 0.589. The maximum absolute atomic E-state index is 12.9. The van der Waals surface area contributed by atoms with Crippen LogP contribution in [-0.4, -0.2) is 44.6 Å². The summed E-state index contributed by atoms with van der Waals surface area (Å²) in [5.74, 6) is 1.34. The SMILES string of the molecule is N#CCC1CCC(n2c(CC(=O)NC3CCNCC3)nc3cnc4[nH]ccc4c32)CC1. The number of carbonyl (C=O) groups excluding carboxylic acids is 1. The van der Waals surface area contributed by atoms with E-state index < -0.39 is 0 Å². The lowest BCUT2D eigenvalue weighted by Gasteiger charge is -2.30. The Labute approximate surface area is 181 Å². The molecule has 8 nitrogen and oxygen atoms in total. The highest BCUT2D eigenvalue weighted by atomic mass is 16.1. The van der Waals surface area contributed by atoms with Crippen LogP contribution in [0.4, 0.5) is 0 Å². The molecule has 2 fully saturated rings. The lowest BCUT2D eigenvalue weighted by atomic mass is 9.84. The zero-order valence-electron chi connectivity index (χ0n) is 17.7. The number of rotatable bonds is 5. The third kappa shape index (κ3) is 4.02. The van der Waals surface area contributed by atoms with Crippen molar-refractivity contribution in [3.63, 3.8) is 0 Å². The van der Waals surface area contributed by atoms with Crippen molar-refractivity contribution in [2.75, 3.05) is 13.1 Å². The lowest BCUT2D eigenvalue weighted by Crippen LogP contribution is -2.43. The molecule has 0 bridgehead atoms. The molecule has 162 valence electrons. The molecular formula is C23H29N7O. The van der Waals surface area contributed by atoms with Crippen LogP contribution in [0.3, 0.4) is 0 Å². The van der Waals surface area contributed by atoms with Gasteiger partial charge in [0, 0.05) is 30.1 Å². The number of carbonyl (C=O) groups is 1. The molecule has 1 saturated heterocycles. The van der Waals surface area contributed by atoms with Gasteiger partial charge in [0.05, 0.1) is 24.2 Å². The zero-order chi connectivity index (χ0) is 21.2. The Hall–Kier alpha value is -2.92. The average molecular weight is 420 g/mol. The number of fused-ring (bicyclic) bond motifs is 3. The van der Waals surface area contributed by atoms with Gasteiger partial charge in [-0.25, -0.2) is 9.97 Å². The number of nitriles is 1. The van der Waals surface area contributed by atoms with E-state index in [2.05, 4.69) is 31.2 Å². The fraction of sp³-hybridized carbons (Fsp3) is 0.565. The molecule has 31 heavy (non-hydrogen) atoms. The normalized spacial score (nSPS) is 22.5. The van der Waals surface area contributed by atoms with Gasteiger partial charge < -0.3 is 20.2 Å². The second kappa shape index (κ2) is 8.67. The van der Waals surface area contributed by atoms with E-state index in [-0.39, 0.29) is 18.4 Å². The third-order valence-electron chi connectivity index (χ3n) is 6.89. The maximum Gasteiger partial charge on any atom is 0.227 e. The minimum Gasteiger partial charge on any atom is -0.353 e. The summed E-state index contributed by atoms with van der Waals surface area (Å²) in [4.78, 5) is 25.5. The molecular weight excluding hydrogens is 390 g/mol. The highest BCUT2D eigenvalue weighted by Crippen LogP contribution is 2.38. The minimum atomic E-state index is 0.0416. The maximum atomic E-state index is 12.9. The zero-order valence-corrected chi connectivity index (χ0v) is 17.7. The number of pyridine rings is 1. The third-order valence-corrected chi connectivity index (χ3v) is 6.89. The monoisotopic (exact) mass is 419 g/mol. The predicted octanol–water partition coefficient (Wildman–Crippen LogP) is 2.97. The van der Waals surface area contributed by atoms with Gasteiger partial charge in [0.2, 0.25) is 5.91 Å². The number of piperidine rings is 1. The highest BCUT2D eigenvalue weighted by molar-refractivity contribution is 6.01. The Morgan fingerprint density at radius 3 is 2.81 bits per heavy atom. The summed E-state index contributed by atoms with van der Waals surface area (Å²) in [5, 5.41) is 16.7. The average Bonchev–Trinajstić information content (AvgIpc) is 3.39. The van der Waals surface area contributed by atoms with E-state index in [1.165, 1.54) is 0 Å². The second-order valence-corrected chi connectivity index (χ2v) is 8.94. The van der Waals surface area contributed by atoms with Crippen molar-refractivity contribution >= 4 is 28.0 Å². The molecule has 8 heteroatoms. The van der Waals surface area contributed by atoms with Gasteiger partial charge in [-0.15, -0.1) is 0 Å². The van der Waals surface area contributed by atoms with E-state index in [9.17, 15) is 4.79 Å². The second-order valence-electron chi connectivity index (χ2n) is 8.94. The van der Waals surface area contributed by atoms with Crippen molar-refractivity contribution in [1.29, 1.82) is 5.26 Å². The number of nitrogens with zero attached hydrogens (tertiary/aromatic N) is 4. The molecule has 0 atom stereocenters. The lowest BCUT2D eigenvalue weighted by molar-refractivity contribution is -0.121. The predicted molar refractivity (Wildman–Crippen MR) is 118 cm³/mol. The number of hydrogen-bond donors (Lipinski definition) is 3. The van der Waals surface area contributed by atoms with Gasteiger partial charge in [-0.2, -0.15) is 5.26 Å². The van der Waals surface area contributed by atoms with Gasteiger partial charge in [0.15, 0.2) is 0 Å². The van der Waals surface area contributed by atoms with Crippen LogP contribution in [0.5, 0.6) is 0 Å². The van der Waals surface area contributed by atoms with Crippen LogP contribution in [0.1, 0.15) is 56.8 Å². The van der Waals surface area contributed by atoms with E-state index in [0.29, 0.717) is 18.4 Å². The summed E-state index contributed by atoms with van der Waals surface area (Å²) >= 11 is 0. The molecule has 5 rings (SSSR count). The molecule has 1 aliphatic carbocycles. The van der Waals surface area contributed by atoms with E-state index in [0.717, 1.165) is 79.5 Å². The molecule has 3 N–H and O–H groups in total. The largest absolute Gasteiger partial charge is 0.353 e. The number of hydrogen-bond acceptors (Lipinski definition) is 5. The molecule has 3 aromatic heterocycles. The summed E-state index contributed by atoms with van der Waals surface area (Å²) in [6.07, 6.45) is 10.7. The molecule has 1 aliphatic heterocycles. The van der Waals surface area contributed by atoms with Crippen molar-refractivity contribution in [2.24, 2.45) is 5.92 Å². The van der Waals surface area contributed by atoms with Crippen LogP contribution < -0.4 is 10.6 Å². The molecule has 0 spiro atoms. The molecule has 3 aromatic rings. The highest BCUT2D eigenvalue weighted by Gasteiger charge is 2.28. The van der Waals surface area contributed by atoms with Gasteiger partial charge in [0.25, 0.3) is 0 Å². The van der Waals surface area contributed by atoms with Crippen LogP contribution in [0.25, 0.3) is 22.1 Å². The number of aromatic nitrogens is 4. The van der Waals surface area contributed by atoms with Crippen LogP contribution in [0.15, 0.2) is 18.5 Å². The van der Waals surface area contributed by atoms with E-state index in [1.807, 2.05) is 12.3 Å². The van der Waals surface area contributed by atoms with E-state index >= 15 is 0 Å². The number of H-pyrrole nitrogens is 1. The van der Waals surface area contributed by atoms with Crippen molar-refractivity contribution in [3.8, 4) is 6.07 Å². The van der Waals surface area contributed by atoms with Gasteiger partial charge in [-0.05, 0) is 63.6 Å². The fourth-order valence-corrected chi connectivity index (χ4v) is 5.28. The first-order chi connectivity index (χ1) is 15.2. The van der Waals surface area contributed by atoms with Crippen molar-refractivity contribution in [3.05, 3.63) is 24.3 Å². The number of aromatic amines is 1. The Balaban J connectivity index is 1.46. The molecule has 0 unspecified atom stereocenters.